The number of carboxylic acids is 1. The second-order valence-corrected chi connectivity index (χ2v) is 3.87. The molecule has 4 nitrogen and oxygen atoms in total. The minimum Gasteiger partial charge on any atom is -0.480 e. The second kappa shape index (κ2) is 5.48. The highest BCUT2D eigenvalue weighted by Gasteiger charge is 2.29. The van der Waals surface area contributed by atoms with E-state index in [1.54, 1.807) is 25.1 Å². The lowest BCUT2D eigenvalue weighted by Gasteiger charge is -2.13. The third-order valence-electron chi connectivity index (χ3n) is 2.63. The average molecular weight is 236 g/mol. The summed E-state index contributed by atoms with van der Waals surface area (Å²) in [6, 6.07) is 5.17. The topological polar surface area (TPSA) is 63.6 Å². The first-order chi connectivity index (χ1) is 7.97. The number of aryl methyl sites for hydroxylation is 2. The van der Waals surface area contributed by atoms with Crippen LogP contribution in [-0.2, 0) is 14.3 Å². The van der Waals surface area contributed by atoms with Gasteiger partial charge in [-0.15, -0.1) is 0 Å². The maximum Gasteiger partial charge on any atom is 0.324 e. The smallest absolute Gasteiger partial charge is 0.324 e. The van der Waals surface area contributed by atoms with Crippen molar-refractivity contribution >= 4 is 11.9 Å². The molecule has 92 valence electrons. The third-order valence-corrected chi connectivity index (χ3v) is 2.63. The van der Waals surface area contributed by atoms with Crippen LogP contribution in [0.1, 0.15) is 29.5 Å². The van der Waals surface area contributed by atoms with Crippen LogP contribution in [0.5, 0.6) is 0 Å². The summed E-state index contributed by atoms with van der Waals surface area (Å²) in [5.74, 6) is -3.15. The normalized spacial score (nSPS) is 11.9. The highest BCUT2D eigenvalue weighted by molar-refractivity contribution is 5.99. The number of carbonyl (C=O) groups excluding carboxylic acids is 1. The van der Waals surface area contributed by atoms with Gasteiger partial charge in [0.05, 0.1) is 6.61 Å². The molecule has 0 bridgehead atoms. The van der Waals surface area contributed by atoms with Gasteiger partial charge in [-0.1, -0.05) is 18.2 Å². The molecule has 4 heteroatoms. The van der Waals surface area contributed by atoms with Crippen LogP contribution in [-0.4, -0.2) is 23.7 Å². The number of benzene rings is 1. The van der Waals surface area contributed by atoms with E-state index in [1.807, 2.05) is 13.8 Å². The molecule has 0 heterocycles. The van der Waals surface area contributed by atoms with Crippen LogP contribution in [0.3, 0.4) is 0 Å². The van der Waals surface area contributed by atoms with Gasteiger partial charge in [-0.3, -0.25) is 9.59 Å². The Balaban J connectivity index is 3.10. The Kier molecular flexibility index (Phi) is 4.26. The van der Waals surface area contributed by atoms with Crippen molar-refractivity contribution in [2.45, 2.75) is 26.7 Å². The Hall–Kier alpha value is -1.84. The molecule has 0 saturated carbocycles. The van der Waals surface area contributed by atoms with Gasteiger partial charge in [0.2, 0.25) is 0 Å². The van der Waals surface area contributed by atoms with E-state index < -0.39 is 17.9 Å². The van der Waals surface area contributed by atoms with E-state index in [4.69, 9.17) is 9.84 Å². The van der Waals surface area contributed by atoms with Gasteiger partial charge in [-0.25, -0.2) is 0 Å². The van der Waals surface area contributed by atoms with E-state index in [9.17, 15) is 9.59 Å². The van der Waals surface area contributed by atoms with Gasteiger partial charge in [0, 0.05) is 0 Å². The van der Waals surface area contributed by atoms with Gasteiger partial charge >= 0.3 is 11.9 Å². The maximum atomic E-state index is 11.6. The molecule has 0 aliphatic carbocycles. The van der Waals surface area contributed by atoms with E-state index in [2.05, 4.69) is 0 Å². The van der Waals surface area contributed by atoms with Crippen LogP contribution < -0.4 is 0 Å². The van der Waals surface area contributed by atoms with Crippen molar-refractivity contribution in [2.75, 3.05) is 6.61 Å². The first kappa shape index (κ1) is 13.2. The Morgan fingerprint density at radius 2 is 1.94 bits per heavy atom. The Morgan fingerprint density at radius 1 is 1.29 bits per heavy atom. The number of rotatable bonds is 4. The molecule has 17 heavy (non-hydrogen) atoms. The number of hydrogen-bond acceptors (Lipinski definition) is 3. The maximum absolute atomic E-state index is 11.6. The third kappa shape index (κ3) is 3.06. The number of hydrogen-bond donors (Lipinski definition) is 1. The number of carboxylic acid groups (broad SMARTS) is 1. The molecule has 0 spiro atoms. The zero-order valence-electron chi connectivity index (χ0n) is 10.2. The molecule has 1 aromatic rings. The standard InChI is InChI=1S/C13H16O4/c1-4-17-13(16)11(12(14)15)10-6-5-8(2)9(3)7-10/h5-7,11H,4H2,1-3H3,(H,14,15). The molecule has 1 N–H and O–H groups in total. The predicted molar refractivity (Wildman–Crippen MR) is 62.9 cm³/mol. The van der Waals surface area contributed by atoms with E-state index in [-0.39, 0.29) is 6.61 Å². The highest BCUT2D eigenvalue weighted by atomic mass is 16.5. The Morgan fingerprint density at radius 3 is 2.41 bits per heavy atom. The fraction of sp³-hybridized carbons (Fsp3) is 0.385. The lowest BCUT2D eigenvalue weighted by molar-refractivity contribution is -0.153. The second-order valence-electron chi connectivity index (χ2n) is 3.87. The monoisotopic (exact) mass is 236 g/mol. The van der Waals surface area contributed by atoms with Crippen LogP contribution >= 0.6 is 0 Å². The lowest BCUT2D eigenvalue weighted by Crippen LogP contribution is -2.24. The average Bonchev–Trinajstić information content (AvgIpc) is 2.23. The van der Waals surface area contributed by atoms with Crippen LogP contribution in [0.2, 0.25) is 0 Å². The van der Waals surface area contributed by atoms with Crippen molar-refractivity contribution in [2.24, 2.45) is 0 Å². The molecule has 0 aliphatic heterocycles. The molecule has 1 atom stereocenters. The summed E-state index contributed by atoms with van der Waals surface area (Å²) in [6.45, 7) is 5.63. The molecular formula is C13H16O4. The first-order valence-corrected chi connectivity index (χ1v) is 5.44. The van der Waals surface area contributed by atoms with E-state index in [0.29, 0.717) is 5.56 Å². The summed E-state index contributed by atoms with van der Waals surface area (Å²) in [7, 11) is 0. The van der Waals surface area contributed by atoms with Gasteiger partial charge in [0.25, 0.3) is 0 Å². The number of ether oxygens (including phenoxy) is 1. The molecule has 0 aromatic heterocycles. The summed E-state index contributed by atoms with van der Waals surface area (Å²) >= 11 is 0. The van der Waals surface area contributed by atoms with Crippen LogP contribution in [0.15, 0.2) is 18.2 Å². The quantitative estimate of drug-likeness (QED) is 0.641. The number of carbonyl (C=O) groups is 2. The van der Waals surface area contributed by atoms with Crippen molar-refractivity contribution < 1.29 is 19.4 Å². The Bertz CT molecular complexity index is 437. The molecule has 0 saturated heterocycles. The fourth-order valence-electron chi connectivity index (χ4n) is 1.55. The minimum absolute atomic E-state index is 0.174. The number of esters is 1. The molecule has 1 unspecified atom stereocenters. The molecule has 0 amide bonds. The van der Waals surface area contributed by atoms with Gasteiger partial charge in [-0.05, 0) is 37.5 Å². The molecule has 1 rings (SSSR count). The van der Waals surface area contributed by atoms with E-state index in [0.717, 1.165) is 11.1 Å². The molecule has 1 aromatic carbocycles. The van der Waals surface area contributed by atoms with Crippen LogP contribution in [0.4, 0.5) is 0 Å². The Labute approximate surface area is 100 Å². The fourth-order valence-corrected chi connectivity index (χ4v) is 1.55. The first-order valence-electron chi connectivity index (χ1n) is 5.44. The molecule has 0 aliphatic rings. The van der Waals surface area contributed by atoms with Crippen LogP contribution in [0, 0.1) is 13.8 Å². The SMILES string of the molecule is CCOC(=O)C(C(=O)O)c1ccc(C)c(C)c1. The van der Waals surface area contributed by atoms with Crippen molar-refractivity contribution in [3.8, 4) is 0 Å². The van der Waals surface area contributed by atoms with Crippen LogP contribution in [0.25, 0.3) is 0 Å². The van der Waals surface area contributed by atoms with Crippen molar-refractivity contribution in [1.82, 2.24) is 0 Å². The molecular weight excluding hydrogens is 220 g/mol. The van der Waals surface area contributed by atoms with Crippen molar-refractivity contribution in [3.05, 3.63) is 34.9 Å². The summed E-state index contributed by atoms with van der Waals surface area (Å²) < 4.78 is 4.77. The van der Waals surface area contributed by atoms with Gasteiger partial charge in [0.15, 0.2) is 5.92 Å². The lowest BCUT2D eigenvalue weighted by atomic mass is 9.96. The summed E-state index contributed by atoms with van der Waals surface area (Å²) in [5.41, 5.74) is 2.47. The molecule has 0 fully saturated rings. The largest absolute Gasteiger partial charge is 0.480 e. The summed E-state index contributed by atoms with van der Waals surface area (Å²) in [6.07, 6.45) is 0. The molecule has 0 radical (unpaired) electrons. The number of aliphatic carboxylic acids is 1. The zero-order chi connectivity index (χ0) is 13.0. The zero-order valence-corrected chi connectivity index (χ0v) is 10.2. The van der Waals surface area contributed by atoms with E-state index in [1.165, 1.54) is 0 Å². The van der Waals surface area contributed by atoms with Gasteiger partial charge in [0.1, 0.15) is 0 Å². The van der Waals surface area contributed by atoms with Crippen molar-refractivity contribution in [1.29, 1.82) is 0 Å². The predicted octanol–water partition coefficient (Wildman–Crippen LogP) is 2.03. The minimum atomic E-state index is -1.24. The van der Waals surface area contributed by atoms with E-state index >= 15 is 0 Å². The summed E-state index contributed by atoms with van der Waals surface area (Å²) in [5, 5.41) is 9.08. The highest BCUT2D eigenvalue weighted by Crippen LogP contribution is 2.21. The van der Waals surface area contributed by atoms with Crippen molar-refractivity contribution in [3.63, 3.8) is 0 Å². The van der Waals surface area contributed by atoms with Gasteiger partial charge < -0.3 is 9.84 Å². The van der Waals surface area contributed by atoms with Gasteiger partial charge in [-0.2, -0.15) is 0 Å². The summed E-state index contributed by atoms with van der Waals surface area (Å²) in [4.78, 5) is 22.7.